The van der Waals surface area contributed by atoms with Gasteiger partial charge in [-0.3, -0.25) is 0 Å². The fourth-order valence-electron chi connectivity index (χ4n) is 8.21. The van der Waals surface area contributed by atoms with Crippen LogP contribution in [-0.4, -0.2) is 31.7 Å². The third kappa shape index (κ3) is 2.68. The average molecular weight is 447 g/mol. The number of halogens is 1. The largest absolute Gasteiger partial charge is 0.393 e. The Labute approximate surface area is 194 Å². The predicted molar refractivity (Wildman–Crippen MR) is 125 cm³/mol. The van der Waals surface area contributed by atoms with Crippen molar-refractivity contribution in [3.05, 3.63) is 53.1 Å². The second-order valence-electron chi connectivity index (χ2n) is 11.3. The molecule has 5 heteroatoms. The van der Waals surface area contributed by atoms with E-state index in [1.807, 2.05) is 10.9 Å². The summed E-state index contributed by atoms with van der Waals surface area (Å²) >= 11 is 0. The van der Waals surface area contributed by atoms with Gasteiger partial charge in [-0.15, -0.1) is 6.42 Å². The SMILES string of the molecule is C#C[C@]1(O)CC[C@H]2[C@@H]3CCC4=Cc5c(cnn5-c5ccc(F)cc5)C[C@]4(C)[C@H]3[C@@H](O)C[C@@]21C. The van der Waals surface area contributed by atoms with E-state index >= 15 is 0 Å². The fourth-order valence-corrected chi connectivity index (χ4v) is 8.21. The van der Waals surface area contributed by atoms with E-state index in [0.717, 1.165) is 37.1 Å². The first-order valence-electron chi connectivity index (χ1n) is 12.1. The first-order chi connectivity index (χ1) is 15.7. The molecule has 172 valence electrons. The molecule has 4 aliphatic carbocycles. The highest BCUT2D eigenvalue weighted by molar-refractivity contribution is 5.61. The van der Waals surface area contributed by atoms with Crippen molar-refractivity contribution in [1.82, 2.24) is 9.78 Å². The zero-order valence-electron chi connectivity index (χ0n) is 19.3. The number of terminal acetylenes is 1. The smallest absolute Gasteiger partial charge is 0.130 e. The number of aliphatic hydroxyl groups excluding tert-OH is 1. The van der Waals surface area contributed by atoms with Crippen LogP contribution < -0.4 is 0 Å². The molecule has 0 spiro atoms. The summed E-state index contributed by atoms with van der Waals surface area (Å²) in [7, 11) is 0. The molecule has 3 fully saturated rings. The van der Waals surface area contributed by atoms with Crippen molar-refractivity contribution in [3.8, 4) is 18.0 Å². The van der Waals surface area contributed by atoms with Crippen molar-refractivity contribution < 1.29 is 14.6 Å². The molecular weight excluding hydrogens is 415 g/mol. The molecule has 1 heterocycles. The van der Waals surface area contributed by atoms with Crippen molar-refractivity contribution in [2.24, 2.45) is 28.6 Å². The van der Waals surface area contributed by atoms with Crippen LogP contribution in [0.1, 0.15) is 57.2 Å². The van der Waals surface area contributed by atoms with E-state index in [-0.39, 0.29) is 17.2 Å². The Hall–Kier alpha value is -2.42. The summed E-state index contributed by atoms with van der Waals surface area (Å²) in [6.45, 7) is 4.41. The quantitative estimate of drug-likeness (QED) is 0.633. The van der Waals surface area contributed by atoms with E-state index in [0.29, 0.717) is 24.7 Å². The lowest BCUT2D eigenvalue weighted by Crippen LogP contribution is -2.59. The van der Waals surface area contributed by atoms with Crippen LogP contribution >= 0.6 is 0 Å². The van der Waals surface area contributed by atoms with Gasteiger partial charge in [0.25, 0.3) is 0 Å². The minimum Gasteiger partial charge on any atom is -0.393 e. The first-order valence-corrected chi connectivity index (χ1v) is 12.1. The molecular formula is C28H31FN2O2. The van der Waals surface area contributed by atoms with Gasteiger partial charge in [0.2, 0.25) is 0 Å². The third-order valence-corrected chi connectivity index (χ3v) is 9.89. The van der Waals surface area contributed by atoms with Crippen LogP contribution in [0.25, 0.3) is 11.8 Å². The van der Waals surface area contributed by atoms with Gasteiger partial charge >= 0.3 is 0 Å². The molecule has 0 amide bonds. The van der Waals surface area contributed by atoms with E-state index in [2.05, 4.69) is 30.9 Å². The molecule has 2 aromatic rings. The van der Waals surface area contributed by atoms with Crippen molar-refractivity contribution in [3.63, 3.8) is 0 Å². The van der Waals surface area contributed by atoms with Crippen LogP contribution in [0.5, 0.6) is 0 Å². The van der Waals surface area contributed by atoms with Crippen LogP contribution in [0.3, 0.4) is 0 Å². The number of rotatable bonds is 1. The lowest BCUT2D eigenvalue weighted by molar-refractivity contribution is -0.152. The second-order valence-corrected chi connectivity index (χ2v) is 11.3. The Morgan fingerprint density at radius 2 is 1.97 bits per heavy atom. The Kier molecular flexibility index (Phi) is 4.36. The average Bonchev–Trinajstić information content (AvgIpc) is 3.30. The third-order valence-electron chi connectivity index (χ3n) is 9.89. The van der Waals surface area contributed by atoms with Crippen LogP contribution in [0, 0.1) is 46.7 Å². The summed E-state index contributed by atoms with van der Waals surface area (Å²) in [6.07, 6.45) is 14.4. The lowest BCUT2D eigenvalue weighted by atomic mass is 9.45. The highest BCUT2D eigenvalue weighted by atomic mass is 19.1. The second kappa shape index (κ2) is 6.81. The van der Waals surface area contributed by atoms with E-state index < -0.39 is 17.1 Å². The molecule has 0 aliphatic heterocycles. The normalized spacial score (nSPS) is 41.3. The van der Waals surface area contributed by atoms with Crippen molar-refractivity contribution in [2.75, 3.05) is 0 Å². The number of hydrogen-bond acceptors (Lipinski definition) is 3. The number of aromatic nitrogens is 2. The van der Waals surface area contributed by atoms with Crippen molar-refractivity contribution in [2.45, 2.75) is 64.1 Å². The number of nitrogens with zero attached hydrogens (tertiary/aromatic N) is 2. The topological polar surface area (TPSA) is 58.3 Å². The summed E-state index contributed by atoms with van der Waals surface area (Å²) in [5.74, 6) is 3.25. The molecule has 4 nitrogen and oxygen atoms in total. The monoisotopic (exact) mass is 446 g/mol. The van der Waals surface area contributed by atoms with Gasteiger partial charge in [0.15, 0.2) is 0 Å². The Morgan fingerprint density at radius 3 is 2.70 bits per heavy atom. The number of fused-ring (bicyclic) bond motifs is 6. The minimum atomic E-state index is -1.13. The van der Waals surface area contributed by atoms with E-state index in [4.69, 9.17) is 6.42 Å². The fraction of sp³-hybridized carbons (Fsp3) is 0.536. The van der Waals surface area contributed by atoms with Gasteiger partial charge in [0.05, 0.1) is 23.7 Å². The maximum atomic E-state index is 13.4. The molecule has 4 aliphatic rings. The Bertz CT molecular complexity index is 1190. The zero-order chi connectivity index (χ0) is 23.2. The van der Waals surface area contributed by atoms with Gasteiger partial charge in [0, 0.05) is 5.41 Å². The summed E-state index contributed by atoms with van der Waals surface area (Å²) in [5.41, 5.74) is 2.73. The molecule has 0 saturated heterocycles. The summed E-state index contributed by atoms with van der Waals surface area (Å²) in [4.78, 5) is 0. The molecule has 2 N–H and O–H groups in total. The standard InChI is InChI=1S/C28H31FN2O2/c1-4-28(33)12-11-22-21-10-5-18-13-23-17(16-30-31(23)20-8-6-19(29)7-9-20)14-26(18,2)25(21)24(32)15-27(22,28)3/h1,6-9,13,16,21-22,24-25,32-33H,5,10-12,14-15H2,2-3H3/t21-,22-,24-,25+,26-,27-,28-/m0/s1. The highest BCUT2D eigenvalue weighted by Crippen LogP contribution is 2.67. The van der Waals surface area contributed by atoms with Gasteiger partial charge in [-0.05, 0) is 97.6 Å². The van der Waals surface area contributed by atoms with Crippen LogP contribution in [-0.2, 0) is 6.42 Å². The van der Waals surface area contributed by atoms with Crippen molar-refractivity contribution in [1.29, 1.82) is 0 Å². The molecule has 1 aromatic heterocycles. The molecule has 0 unspecified atom stereocenters. The molecule has 6 rings (SSSR count). The van der Waals surface area contributed by atoms with Crippen LogP contribution in [0.2, 0.25) is 0 Å². The van der Waals surface area contributed by atoms with Gasteiger partial charge in [0.1, 0.15) is 11.4 Å². The van der Waals surface area contributed by atoms with E-state index in [1.165, 1.54) is 23.3 Å². The Balaban J connectivity index is 1.39. The molecule has 0 bridgehead atoms. The number of allylic oxidation sites excluding steroid dienone is 1. The van der Waals surface area contributed by atoms with E-state index in [1.54, 1.807) is 12.1 Å². The maximum absolute atomic E-state index is 13.4. The van der Waals surface area contributed by atoms with Gasteiger partial charge in [-0.1, -0.05) is 25.3 Å². The van der Waals surface area contributed by atoms with Gasteiger partial charge < -0.3 is 10.2 Å². The summed E-state index contributed by atoms with van der Waals surface area (Å²) in [5, 5.41) is 27.4. The summed E-state index contributed by atoms with van der Waals surface area (Å²) in [6, 6.07) is 6.43. The molecule has 0 radical (unpaired) electrons. The molecule has 1 aromatic carbocycles. The number of benzene rings is 1. The zero-order valence-corrected chi connectivity index (χ0v) is 19.3. The number of aliphatic hydroxyl groups is 2. The molecule has 3 saturated carbocycles. The molecule has 33 heavy (non-hydrogen) atoms. The summed E-state index contributed by atoms with van der Waals surface area (Å²) < 4.78 is 15.3. The van der Waals surface area contributed by atoms with Gasteiger partial charge in [-0.2, -0.15) is 5.10 Å². The van der Waals surface area contributed by atoms with Crippen molar-refractivity contribution >= 4 is 6.08 Å². The van der Waals surface area contributed by atoms with E-state index in [9.17, 15) is 14.6 Å². The highest BCUT2D eigenvalue weighted by Gasteiger charge is 2.66. The predicted octanol–water partition coefficient (Wildman–Crippen LogP) is 4.53. The van der Waals surface area contributed by atoms with Crippen LogP contribution in [0.15, 0.2) is 36.0 Å². The minimum absolute atomic E-state index is 0.137. The molecule has 7 atom stereocenters. The lowest BCUT2D eigenvalue weighted by Gasteiger charge is -2.60. The maximum Gasteiger partial charge on any atom is 0.130 e. The first kappa shape index (κ1) is 21.1. The van der Waals surface area contributed by atoms with Gasteiger partial charge in [-0.25, -0.2) is 9.07 Å². The number of hydrogen-bond donors (Lipinski definition) is 2. The Morgan fingerprint density at radius 1 is 1.21 bits per heavy atom. The van der Waals surface area contributed by atoms with Crippen LogP contribution in [0.4, 0.5) is 4.39 Å².